The maximum Gasteiger partial charge on any atom is 0.251 e. The fourth-order valence-electron chi connectivity index (χ4n) is 3.42. The monoisotopic (exact) mass is 425 g/mol. The molecule has 3 rings (SSSR count). The Morgan fingerprint density at radius 1 is 1.00 bits per heavy atom. The van der Waals surface area contributed by atoms with Crippen LogP contribution in [-0.4, -0.2) is 36.8 Å². The van der Waals surface area contributed by atoms with Crippen molar-refractivity contribution in [2.45, 2.75) is 25.3 Å². The van der Waals surface area contributed by atoms with E-state index in [2.05, 4.69) is 16.0 Å². The summed E-state index contributed by atoms with van der Waals surface area (Å²) in [7, 11) is 0. The summed E-state index contributed by atoms with van der Waals surface area (Å²) < 4.78 is 12.4. The molecule has 7 nitrogen and oxygen atoms in total. The van der Waals surface area contributed by atoms with Gasteiger partial charge in [-0.2, -0.15) is 0 Å². The SMILES string of the molecule is O=C1CC(C(=O)NC(CNC(=O)c2ccc(CCF)cc2)c2ccccc2)CC(=O)N1. The van der Waals surface area contributed by atoms with E-state index in [0.717, 1.165) is 11.1 Å². The molecule has 1 atom stereocenters. The van der Waals surface area contributed by atoms with Crippen molar-refractivity contribution < 1.29 is 23.6 Å². The van der Waals surface area contributed by atoms with Crippen molar-refractivity contribution in [2.75, 3.05) is 13.2 Å². The highest BCUT2D eigenvalue weighted by atomic mass is 19.1. The summed E-state index contributed by atoms with van der Waals surface area (Å²) in [6.45, 7) is -0.341. The molecule has 8 heteroatoms. The van der Waals surface area contributed by atoms with Crippen molar-refractivity contribution in [2.24, 2.45) is 5.92 Å². The zero-order valence-electron chi connectivity index (χ0n) is 16.9. The van der Waals surface area contributed by atoms with E-state index < -0.39 is 36.4 Å². The predicted octanol–water partition coefficient (Wildman–Crippen LogP) is 1.84. The molecule has 3 N–H and O–H groups in total. The third kappa shape index (κ3) is 6.21. The molecule has 162 valence electrons. The Balaban J connectivity index is 1.66. The molecular formula is C23H24FN3O4. The lowest BCUT2D eigenvalue weighted by molar-refractivity contribution is -0.140. The van der Waals surface area contributed by atoms with Crippen molar-refractivity contribution in [3.8, 4) is 0 Å². The highest BCUT2D eigenvalue weighted by Crippen LogP contribution is 2.18. The largest absolute Gasteiger partial charge is 0.350 e. The van der Waals surface area contributed by atoms with Crippen molar-refractivity contribution in [1.29, 1.82) is 0 Å². The Morgan fingerprint density at radius 2 is 1.65 bits per heavy atom. The van der Waals surface area contributed by atoms with Gasteiger partial charge < -0.3 is 10.6 Å². The van der Waals surface area contributed by atoms with Gasteiger partial charge in [-0.25, -0.2) is 0 Å². The first-order chi connectivity index (χ1) is 15.0. The number of hydrogen-bond acceptors (Lipinski definition) is 4. The van der Waals surface area contributed by atoms with Crippen LogP contribution < -0.4 is 16.0 Å². The average Bonchev–Trinajstić information content (AvgIpc) is 2.77. The van der Waals surface area contributed by atoms with Crippen LogP contribution in [0, 0.1) is 5.92 Å². The summed E-state index contributed by atoms with van der Waals surface area (Å²) in [6, 6.07) is 15.2. The van der Waals surface area contributed by atoms with Crippen LogP contribution in [0.3, 0.4) is 0 Å². The van der Waals surface area contributed by atoms with Gasteiger partial charge in [0.15, 0.2) is 0 Å². The molecular weight excluding hydrogens is 401 g/mol. The Morgan fingerprint density at radius 3 is 2.26 bits per heavy atom. The molecule has 4 amide bonds. The van der Waals surface area contributed by atoms with Gasteiger partial charge in [0.25, 0.3) is 5.91 Å². The summed E-state index contributed by atoms with van der Waals surface area (Å²) >= 11 is 0. The van der Waals surface area contributed by atoms with E-state index in [1.54, 1.807) is 24.3 Å². The lowest BCUT2D eigenvalue weighted by atomic mass is 9.95. The number of halogens is 1. The topological polar surface area (TPSA) is 104 Å². The fraction of sp³-hybridized carbons (Fsp3) is 0.304. The molecule has 1 aliphatic heterocycles. The quantitative estimate of drug-likeness (QED) is 0.562. The van der Waals surface area contributed by atoms with E-state index >= 15 is 0 Å². The molecule has 1 aliphatic rings. The molecule has 1 saturated heterocycles. The van der Waals surface area contributed by atoms with Gasteiger partial charge in [0.1, 0.15) is 0 Å². The Hall–Kier alpha value is -3.55. The van der Waals surface area contributed by atoms with Gasteiger partial charge in [-0.1, -0.05) is 42.5 Å². The molecule has 0 radical (unpaired) electrons. The number of amides is 4. The first kappa shape index (κ1) is 22.1. The number of benzene rings is 2. The Kier molecular flexibility index (Phi) is 7.48. The summed E-state index contributed by atoms with van der Waals surface area (Å²) in [5.41, 5.74) is 2.01. The van der Waals surface area contributed by atoms with E-state index in [1.165, 1.54) is 0 Å². The van der Waals surface area contributed by atoms with E-state index in [0.29, 0.717) is 12.0 Å². The van der Waals surface area contributed by atoms with Gasteiger partial charge in [-0.05, 0) is 23.3 Å². The zero-order chi connectivity index (χ0) is 22.2. The minimum Gasteiger partial charge on any atom is -0.350 e. The maximum atomic E-state index is 12.7. The Labute approximate surface area is 179 Å². The second-order valence-corrected chi connectivity index (χ2v) is 7.39. The number of aryl methyl sites for hydroxylation is 1. The van der Waals surface area contributed by atoms with Crippen molar-refractivity contribution in [1.82, 2.24) is 16.0 Å². The van der Waals surface area contributed by atoms with Crippen LogP contribution in [0.25, 0.3) is 0 Å². The summed E-state index contributed by atoms with van der Waals surface area (Å²) in [5.74, 6) is -2.43. The normalized spacial score (nSPS) is 15.1. The third-order valence-electron chi connectivity index (χ3n) is 5.10. The van der Waals surface area contributed by atoms with Gasteiger partial charge in [0.05, 0.1) is 18.6 Å². The van der Waals surface area contributed by atoms with Crippen LogP contribution in [-0.2, 0) is 20.8 Å². The van der Waals surface area contributed by atoms with Crippen molar-refractivity contribution in [3.05, 3.63) is 71.3 Å². The van der Waals surface area contributed by atoms with E-state index in [1.807, 2.05) is 30.3 Å². The van der Waals surface area contributed by atoms with Gasteiger partial charge in [-0.3, -0.25) is 28.9 Å². The molecule has 0 aromatic heterocycles. The number of rotatable bonds is 8. The summed E-state index contributed by atoms with van der Waals surface area (Å²) in [6.07, 6.45) is 0.180. The highest BCUT2D eigenvalue weighted by molar-refractivity contribution is 6.02. The number of hydrogen-bond donors (Lipinski definition) is 3. The van der Waals surface area contributed by atoms with Gasteiger partial charge in [0, 0.05) is 31.4 Å². The average molecular weight is 425 g/mol. The van der Waals surface area contributed by atoms with Crippen LogP contribution in [0.4, 0.5) is 4.39 Å². The fourth-order valence-corrected chi connectivity index (χ4v) is 3.42. The van der Waals surface area contributed by atoms with Gasteiger partial charge >= 0.3 is 0 Å². The van der Waals surface area contributed by atoms with Gasteiger partial charge in [-0.15, -0.1) is 0 Å². The molecule has 0 spiro atoms. The van der Waals surface area contributed by atoms with E-state index in [9.17, 15) is 23.6 Å². The van der Waals surface area contributed by atoms with Crippen LogP contribution in [0.1, 0.15) is 40.4 Å². The van der Waals surface area contributed by atoms with Crippen molar-refractivity contribution in [3.63, 3.8) is 0 Å². The van der Waals surface area contributed by atoms with Crippen LogP contribution in [0.15, 0.2) is 54.6 Å². The van der Waals surface area contributed by atoms with Crippen molar-refractivity contribution >= 4 is 23.6 Å². The molecule has 31 heavy (non-hydrogen) atoms. The molecule has 1 fully saturated rings. The minimum atomic E-state index is -0.744. The van der Waals surface area contributed by atoms with Crippen LogP contribution >= 0.6 is 0 Å². The molecule has 2 aromatic carbocycles. The Bertz CT molecular complexity index is 931. The molecule has 0 aliphatic carbocycles. The number of alkyl halides is 1. The summed E-state index contributed by atoms with van der Waals surface area (Å²) in [4.78, 5) is 48.4. The minimum absolute atomic E-state index is 0.0589. The first-order valence-electron chi connectivity index (χ1n) is 10.1. The lowest BCUT2D eigenvalue weighted by Gasteiger charge is -2.25. The van der Waals surface area contributed by atoms with Crippen LogP contribution in [0.2, 0.25) is 0 Å². The molecule has 1 unspecified atom stereocenters. The smallest absolute Gasteiger partial charge is 0.251 e. The predicted molar refractivity (Wildman–Crippen MR) is 112 cm³/mol. The van der Waals surface area contributed by atoms with E-state index in [-0.39, 0.29) is 25.3 Å². The standard InChI is InChI=1S/C23H24FN3O4/c24-11-10-15-6-8-17(9-7-15)22(30)25-14-19(16-4-2-1-3-5-16)26-23(31)18-12-20(28)27-21(29)13-18/h1-9,18-19H,10-14H2,(H,25,30)(H,26,31)(H,27,28,29). The second kappa shape index (κ2) is 10.5. The molecule has 0 saturated carbocycles. The highest BCUT2D eigenvalue weighted by Gasteiger charge is 2.31. The summed E-state index contributed by atoms with van der Waals surface area (Å²) in [5, 5.41) is 7.83. The van der Waals surface area contributed by atoms with Crippen LogP contribution in [0.5, 0.6) is 0 Å². The number of piperidine rings is 1. The number of carbonyl (C=O) groups is 4. The third-order valence-corrected chi connectivity index (χ3v) is 5.10. The number of imide groups is 1. The second-order valence-electron chi connectivity index (χ2n) is 7.39. The van der Waals surface area contributed by atoms with Gasteiger partial charge in [0.2, 0.25) is 17.7 Å². The molecule has 0 bridgehead atoms. The number of nitrogens with one attached hydrogen (secondary N) is 3. The maximum absolute atomic E-state index is 12.7. The molecule has 1 heterocycles. The zero-order valence-corrected chi connectivity index (χ0v) is 16.9. The first-order valence-corrected chi connectivity index (χ1v) is 10.1. The number of carbonyl (C=O) groups excluding carboxylic acids is 4. The van der Waals surface area contributed by atoms with E-state index in [4.69, 9.17) is 0 Å². The lowest BCUT2D eigenvalue weighted by Crippen LogP contribution is -2.46. The molecule has 2 aromatic rings.